The lowest BCUT2D eigenvalue weighted by molar-refractivity contribution is -0.134. The Morgan fingerprint density at radius 1 is 1.43 bits per heavy atom. The fraction of sp³-hybridized carbons (Fsp3) is 0.600. The number of nitrogens with zero attached hydrogens (tertiary/aromatic N) is 2. The molecule has 0 bridgehead atoms. The smallest absolute Gasteiger partial charge is 0.332 e. The van der Waals surface area contributed by atoms with Gasteiger partial charge in [-0.15, -0.1) is 0 Å². The van der Waals surface area contributed by atoms with E-state index in [1.807, 2.05) is 27.7 Å². The highest BCUT2D eigenvalue weighted by Crippen LogP contribution is 2.01. The van der Waals surface area contributed by atoms with Crippen LogP contribution in [-0.2, 0) is 9.53 Å². The molecular weight excluding hydrogens is 180 g/mol. The molecule has 0 aromatic rings. The molecule has 80 valence electrons. The van der Waals surface area contributed by atoms with Gasteiger partial charge in [-0.05, 0) is 27.7 Å². The van der Waals surface area contributed by atoms with Crippen LogP contribution in [-0.4, -0.2) is 29.8 Å². The van der Waals surface area contributed by atoms with Crippen LogP contribution < -0.4 is 0 Å². The van der Waals surface area contributed by atoms with Gasteiger partial charge < -0.3 is 4.74 Å². The summed E-state index contributed by atoms with van der Waals surface area (Å²) in [5.41, 5.74) is 0.938. The first-order valence-corrected chi connectivity index (χ1v) is 4.53. The van der Waals surface area contributed by atoms with Crippen molar-refractivity contribution in [3.8, 4) is 0 Å². The van der Waals surface area contributed by atoms with Crippen molar-refractivity contribution < 1.29 is 9.53 Å². The lowest BCUT2D eigenvalue weighted by atomic mass is 10.4. The zero-order valence-electron chi connectivity index (χ0n) is 9.44. The summed E-state index contributed by atoms with van der Waals surface area (Å²) >= 11 is 0. The predicted octanol–water partition coefficient (Wildman–Crippen LogP) is 1.78. The minimum atomic E-state index is -0.375. The second-order valence-corrected chi connectivity index (χ2v) is 3.36. The Bertz CT molecular complexity index is 241. The minimum absolute atomic E-state index is 0.214. The Morgan fingerprint density at radius 3 is 2.36 bits per heavy atom. The van der Waals surface area contributed by atoms with E-state index in [4.69, 9.17) is 0 Å². The number of hydrogen-bond acceptors (Lipinski definition) is 4. The van der Waals surface area contributed by atoms with E-state index in [1.54, 1.807) is 11.2 Å². The second-order valence-electron chi connectivity index (χ2n) is 3.36. The van der Waals surface area contributed by atoms with Gasteiger partial charge in [-0.2, -0.15) is 5.10 Å². The molecule has 0 fully saturated rings. The number of methoxy groups -OCH3 is 1. The molecule has 4 nitrogen and oxygen atoms in total. The summed E-state index contributed by atoms with van der Waals surface area (Å²) in [5, 5.41) is 5.95. The number of hydrazone groups is 1. The van der Waals surface area contributed by atoms with Crippen molar-refractivity contribution in [2.75, 3.05) is 7.11 Å². The average Bonchev–Trinajstić information content (AvgIpc) is 2.10. The molecule has 0 aliphatic rings. The van der Waals surface area contributed by atoms with Gasteiger partial charge >= 0.3 is 5.97 Å². The number of hydrogen-bond donors (Lipinski definition) is 0. The summed E-state index contributed by atoms with van der Waals surface area (Å²) in [4.78, 5) is 10.8. The van der Waals surface area contributed by atoms with E-state index in [-0.39, 0.29) is 12.0 Å². The van der Waals surface area contributed by atoms with Crippen molar-refractivity contribution in [3.05, 3.63) is 12.3 Å². The molecule has 4 heteroatoms. The number of rotatable bonds is 4. The topological polar surface area (TPSA) is 41.9 Å². The number of carbonyl (C=O) groups excluding carboxylic acids is 1. The molecule has 0 amide bonds. The Hall–Kier alpha value is -1.32. The third kappa shape index (κ3) is 5.35. The molecule has 0 rings (SSSR count). The monoisotopic (exact) mass is 198 g/mol. The van der Waals surface area contributed by atoms with Gasteiger partial charge in [0.1, 0.15) is 0 Å². The van der Waals surface area contributed by atoms with Gasteiger partial charge in [0, 0.05) is 24.0 Å². The van der Waals surface area contributed by atoms with Crippen molar-refractivity contribution in [2.24, 2.45) is 5.10 Å². The van der Waals surface area contributed by atoms with Crippen LogP contribution in [0.2, 0.25) is 0 Å². The fourth-order valence-electron chi connectivity index (χ4n) is 0.757. The summed E-state index contributed by atoms with van der Waals surface area (Å²) in [6.45, 7) is 7.80. The van der Waals surface area contributed by atoms with Gasteiger partial charge in [-0.1, -0.05) is 0 Å². The molecule has 0 aliphatic heterocycles. The molecule has 0 spiro atoms. The SMILES string of the molecule is COC(=O)/C=C/N(N=C(C)C)C(C)C. The molecular formula is C10H18N2O2. The molecule has 0 aliphatic carbocycles. The zero-order valence-corrected chi connectivity index (χ0v) is 9.44. The van der Waals surface area contributed by atoms with Crippen molar-refractivity contribution in [1.82, 2.24) is 5.01 Å². The lowest BCUT2D eigenvalue weighted by Crippen LogP contribution is -2.20. The highest BCUT2D eigenvalue weighted by Gasteiger charge is 2.02. The number of esters is 1. The lowest BCUT2D eigenvalue weighted by Gasteiger charge is -2.19. The largest absolute Gasteiger partial charge is 0.466 e. The third-order valence-electron chi connectivity index (χ3n) is 1.41. The van der Waals surface area contributed by atoms with Crippen LogP contribution in [0.15, 0.2) is 17.4 Å². The number of carbonyl (C=O) groups is 1. The molecule has 0 aromatic carbocycles. The third-order valence-corrected chi connectivity index (χ3v) is 1.41. The minimum Gasteiger partial charge on any atom is -0.466 e. The van der Waals surface area contributed by atoms with Gasteiger partial charge in [0.05, 0.1) is 7.11 Å². The van der Waals surface area contributed by atoms with Crippen molar-refractivity contribution >= 4 is 11.7 Å². The molecule has 0 atom stereocenters. The fourth-order valence-corrected chi connectivity index (χ4v) is 0.757. The molecule has 0 unspecified atom stereocenters. The van der Waals surface area contributed by atoms with Crippen molar-refractivity contribution in [2.45, 2.75) is 33.7 Å². The van der Waals surface area contributed by atoms with Gasteiger partial charge in [0.25, 0.3) is 0 Å². The maximum absolute atomic E-state index is 10.8. The van der Waals surface area contributed by atoms with Gasteiger partial charge in [0.2, 0.25) is 0 Å². The summed E-state index contributed by atoms with van der Waals surface area (Å²) in [5.74, 6) is -0.375. The number of ether oxygens (including phenoxy) is 1. The highest BCUT2D eigenvalue weighted by atomic mass is 16.5. The Labute approximate surface area is 85.2 Å². The van der Waals surface area contributed by atoms with Crippen LogP contribution in [0, 0.1) is 0 Å². The average molecular weight is 198 g/mol. The van der Waals surface area contributed by atoms with Gasteiger partial charge in [-0.3, -0.25) is 5.01 Å². The zero-order chi connectivity index (χ0) is 11.1. The summed E-state index contributed by atoms with van der Waals surface area (Å²) in [6, 6.07) is 0.214. The summed E-state index contributed by atoms with van der Waals surface area (Å²) < 4.78 is 4.48. The summed E-state index contributed by atoms with van der Waals surface area (Å²) in [7, 11) is 1.35. The molecule has 0 saturated carbocycles. The van der Waals surface area contributed by atoms with Crippen LogP contribution in [0.4, 0.5) is 0 Å². The molecule has 0 N–H and O–H groups in total. The first kappa shape index (κ1) is 12.7. The van der Waals surface area contributed by atoms with Crippen LogP contribution in [0.1, 0.15) is 27.7 Å². The first-order chi connectivity index (χ1) is 6.47. The molecule has 0 saturated heterocycles. The van der Waals surface area contributed by atoms with Crippen LogP contribution in [0.25, 0.3) is 0 Å². The van der Waals surface area contributed by atoms with E-state index in [0.29, 0.717) is 0 Å². The standard InChI is InChI=1S/C10H18N2O2/c1-8(2)11-12(9(3)4)7-6-10(13)14-5/h6-7,9H,1-5H3/b7-6+. The summed E-state index contributed by atoms with van der Waals surface area (Å²) in [6.07, 6.45) is 2.97. The van der Waals surface area contributed by atoms with Gasteiger partial charge in [-0.25, -0.2) is 4.79 Å². The van der Waals surface area contributed by atoms with Gasteiger partial charge in [0.15, 0.2) is 0 Å². The Balaban J connectivity index is 4.46. The van der Waals surface area contributed by atoms with E-state index < -0.39 is 0 Å². The molecule has 14 heavy (non-hydrogen) atoms. The van der Waals surface area contributed by atoms with E-state index in [9.17, 15) is 4.79 Å². The van der Waals surface area contributed by atoms with E-state index in [1.165, 1.54) is 13.2 Å². The Kier molecular flexibility index (Phi) is 5.60. The molecule has 0 heterocycles. The van der Waals surface area contributed by atoms with E-state index in [2.05, 4.69) is 9.84 Å². The maximum atomic E-state index is 10.8. The quantitative estimate of drug-likeness (QED) is 0.299. The highest BCUT2D eigenvalue weighted by molar-refractivity contribution is 5.81. The molecule has 0 radical (unpaired) electrons. The van der Waals surface area contributed by atoms with E-state index in [0.717, 1.165) is 5.71 Å². The second kappa shape index (κ2) is 6.18. The maximum Gasteiger partial charge on any atom is 0.332 e. The van der Waals surface area contributed by atoms with Crippen molar-refractivity contribution in [3.63, 3.8) is 0 Å². The first-order valence-electron chi connectivity index (χ1n) is 4.53. The normalized spacial score (nSPS) is 10.4. The van der Waals surface area contributed by atoms with Crippen LogP contribution >= 0.6 is 0 Å². The Morgan fingerprint density at radius 2 is 2.00 bits per heavy atom. The predicted molar refractivity (Wildman–Crippen MR) is 56.9 cm³/mol. The van der Waals surface area contributed by atoms with Crippen LogP contribution in [0.5, 0.6) is 0 Å². The van der Waals surface area contributed by atoms with E-state index >= 15 is 0 Å². The van der Waals surface area contributed by atoms with Crippen molar-refractivity contribution in [1.29, 1.82) is 0 Å². The molecule has 0 aromatic heterocycles. The van der Waals surface area contributed by atoms with Crippen LogP contribution in [0.3, 0.4) is 0 Å².